The normalized spacial score (nSPS) is 11.3. The van der Waals surface area contributed by atoms with Gasteiger partial charge in [0.05, 0.1) is 17.8 Å². The van der Waals surface area contributed by atoms with Crippen LogP contribution in [-0.4, -0.2) is 16.6 Å². The third-order valence-electron chi connectivity index (χ3n) is 2.57. The molecule has 2 aromatic rings. The number of rotatable bonds is 2. The first-order valence-electron chi connectivity index (χ1n) is 6.35. The monoisotopic (exact) mass is 257 g/mol. The second-order valence-corrected chi connectivity index (χ2v) is 5.55. The number of urea groups is 1. The minimum Gasteiger partial charge on any atom is -0.334 e. The first kappa shape index (κ1) is 13.3. The summed E-state index contributed by atoms with van der Waals surface area (Å²) in [7, 11) is 0. The van der Waals surface area contributed by atoms with Crippen molar-refractivity contribution in [2.45, 2.75) is 32.9 Å². The summed E-state index contributed by atoms with van der Waals surface area (Å²) in [5, 5.41) is 6.76. The molecule has 0 atom stereocenters. The Hall–Kier alpha value is -2.10. The Labute approximate surface area is 113 Å². The van der Waals surface area contributed by atoms with Crippen molar-refractivity contribution in [1.82, 2.24) is 15.6 Å². The molecule has 0 aliphatic rings. The summed E-state index contributed by atoms with van der Waals surface area (Å²) in [4.78, 5) is 16.1. The Morgan fingerprint density at radius 1 is 1.16 bits per heavy atom. The summed E-state index contributed by atoms with van der Waals surface area (Å²) in [6.07, 6.45) is 0. The number of nitrogens with zero attached hydrogens (tertiary/aromatic N) is 1. The van der Waals surface area contributed by atoms with Crippen molar-refractivity contribution in [2.75, 3.05) is 0 Å². The topological polar surface area (TPSA) is 54.0 Å². The molecule has 19 heavy (non-hydrogen) atoms. The van der Waals surface area contributed by atoms with Gasteiger partial charge in [-0.2, -0.15) is 0 Å². The maximum absolute atomic E-state index is 11.6. The van der Waals surface area contributed by atoms with E-state index < -0.39 is 0 Å². The van der Waals surface area contributed by atoms with Crippen LogP contribution in [0.4, 0.5) is 4.79 Å². The van der Waals surface area contributed by atoms with Crippen molar-refractivity contribution < 1.29 is 4.79 Å². The summed E-state index contributed by atoms with van der Waals surface area (Å²) in [6.45, 7) is 6.26. The quantitative estimate of drug-likeness (QED) is 0.869. The van der Waals surface area contributed by atoms with Crippen LogP contribution >= 0.6 is 0 Å². The lowest BCUT2D eigenvalue weighted by atomic mass is 10.1. The van der Waals surface area contributed by atoms with E-state index in [9.17, 15) is 4.79 Å². The number of amides is 2. The molecule has 0 aliphatic carbocycles. The fourth-order valence-electron chi connectivity index (χ4n) is 1.76. The van der Waals surface area contributed by atoms with E-state index in [0.717, 1.165) is 16.6 Å². The predicted molar refractivity (Wildman–Crippen MR) is 76.9 cm³/mol. The fourth-order valence-corrected chi connectivity index (χ4v) is 1.76. The van der Waals surface area contributed by atoms with Crippen molar-refractivity contribution >= 4 is 16.9 Å². The zero-order valence-electron chi connectivity index (χ0n) is 11.5. The van der Waals surface area contributed by atoms with Crippen LogP contribution in [0.15, 0.2) is 36.4 Å². The number of carbonyl (C=O) groups is 1. The molecule has 0 saturated carbocycles. The third-order valence-corrected chi connectivity index (χ3v) is 2.57. The van der Waals surface area contributed by atoms with Crippen LogP contribution in [-0.2, 0) is 6.54 Å². The van der Waals surface area contributed by atoms with E-state index in [-0.39, 0.29) is 11.6 Å². The molecular weight excluding hydrogens is 238 g/mol. The van der Waals surface area contributed by atoms with Gasteiger partial charge < -0.3 is 10.6 Å². The van der Waals surface area contributed by atoms with Crippen LogP contribution < -0.4 is 10.6 Å². The average Bonchev–Trinajstić information content (AvgIpc) is 2.34. The van der Waals surface area contributed by atoms with E-state index in [1.807, 2.05) is 57.2 Å². The van der Waals surface area contributed by atoms with Crippen LogP contribution in [0.3, 0.4) is 0 Å². The van der Waals surface area contributed by atoms with E-state index in [2.05, 4.69) is 15.6 Å². The predicted octanol–water partition coefficient (Wildman–Crippen LogP) is 2.83. The van der Waals surface area contributed by atoms with Crippen molar-refractivity contribution in [1.29, 1.82) is 0 Å². The first-order valence-corrected chi connectivity index (χ1v) is 6.35. The van der Waals surface area contributed by atoms with Crippen LogP contribution in [0.1, 0.15) is 26.5 Å². The minimum atomic E-state index is -0.235. The summed E-state index contributed by atoms with van der Waals surface area (Å²) in [6, 6.07) is 11.7. The van der Waals surface area contributed by atoms with Gasteiger partial charge in [-0.15, -0.1) is 0 Å². The Morgan fingerprint density at radius 3 is 2.63 bits per heavy atom. The summed E-state index contributed by atoms with van der Waals surface area (Å²) >= 11 is 0. The molecule has 2 rings (SSSR count). The molecule has 0 spiro atoms. The van der Waals surface area contributed by atoms with E-state index in [0.29, 0.717) is 6.54 Å². The van der Waals surface area contributed by atoms with Gasteiger partial charge in [-0.05, 0) is 32.9 Å². The minimum absolute atomic E-state index is 0.178. The van der Waals surface area contributed by atoms with Crippen molar-refractivity contribution in [3.8, 4) is 0 Å². The molecule has 0 saturated heterocycles. The lowest BCUT2D eigenvalue weighted by Crippen LogP contribution is -2.46. The van der Waals surface area contributed by atoms with Gasteiger partial charge in [-0.1, -0.05) is 24.3 Å². The number of hydrogen-bond acceptors (Lipinski definition) is 2. The Morgan fingerprint density at radius 2 is 1.89 bits per heavy atom. The maximum atomic E-state index is 11.6. The number of para-hydroxylation sites is 1. The summed E-state index contributed by atoms with van der Waals surface area (Å²) in [5.74, 6) is 0. The molecule has 1 aromatic carbocycles. The number of benzene rings is 1. The second kappa shape index (κ2) is 5.26. The van der Waals surface area contributed by atoms with Gasteiger partial charge in [0.2, 0.25) is 0 Å². The standard InChI is InChI=1S/C15H19N3O/c1-15(2,3)18-14(19)16-10-12-9-8-11-6-4-5-7-13(11)17-12/h4-9H,10H2,1-3H3,(H2,16,18,19). The van der Waals surface area contributed by atoms with Gasteiger partial charge in [-0.3, -0.25) is 4.98 Å². The average molecular weight is 257 g/mol. The van der Waals surface area contributed by atoms with Gasteiger partial charge in [0, 0.05) is 10.9 Å². The molecule has 100 valence electrons. The molecule has 1 aromatic heterocycles. The van der Waals surface area contributed by atoms with Crippen molar-refractivity contribution in [2.24, 2.45) is 0 Å². The first-order chi connectivity index (χ1) is 8.94. The third kappa shape index (κ3) is 3.95. The highest BCUT2D eigenvalue weighted by molar-refractivity contribution is 5.78. The Kier molecular flexibility index (Phi) is 3.69. The SMILES string of the molecule is CC(C)(C)NC(=O)NCc1ccc2ccccc2n1. The van der Waals surface area contributed by atoms with Crippen molar-refractivity contribution in [3.63, 3.8) is 0 Å². The van der Waals surface area contributed by atoms with Gasteiger partial charge in [0.15, 0.2) is 0 Å². The number of aromatic nitrogens is 1. The highest BCUT2D eigenvalue weighted by atomic mass is 16.2. The Balaban J connectivity index is 2.00. The number of hydrogen-bond donors (Lipinski definition) is 2. The van der Waals surface area contributed by atoms with E-state index >= 15 is 0 Å². The van der Waals surface area contributed by atoms with E-state index in [1.165, 1.54) is 0 Å². The highest BCUT2D eigenvalue weighted by Gasteiger charge is 2.13. The number of carbonyl (C=O) groups excluding carboxylic acids is 1. The van der Waals surface area contributed by atoms with E-state index in [4.69, 9.17) is 0 Å². The lowest BCUT2D eigenvalue weighted by molar-refractivity contribution is 0.231. The maximum Gasteiger partial charge on any atom is 0.315 e. The summed E-state index contributed by atoms with van der Waals surface area (Å²) in [5.41, 5.74) is 1.56. The van der Waals surface area contributed by atoms with Gasteiger partial charge in [0.1, 0.15) is 0 Å². The fraction of sp³-hybridized carbons (Fsp3) is 0.333. The van der Waals surface area contributed by atoms with Gasteiger partial charge in [-0.25, -0.2) is 4.79 Å². The molecular formula is C15H19N3O. The molecule has 0 bridgehead atoms. The Bertz CT molecular complexity index is 587. The molecule has 0 aliphatic heterocycles. The molecule has 1 heterocycles. The van der Waals surface area contributed by atoms with Gasteiger partial charge in [0.25, 0.3) is 0 Å². The van der Waals surface area contributed by atoms with Crippen LogP contribution in [0, 0.1) is 0 Å². The van der Waals surface area contributed by atoms with Crippen LogP contribution in [0.25, 0.3) is 10.9 Å². The molecule has 4 nitrogen and oxygen atoms in total. The molecule has 2 amide bonds. The van der Waals surface area contributed by atoms with Gasteiger partial charge >= 0.3 is 6.03 Å². The molecule has 0 fully saturated rings. The molecule has 0 unspecified atom stereocenters. The molecule has 0 radical (unpaired) electrons. The number of pyridine rings is 1. The molecule has 4 heteroatoms. The van der Waals surface area contributed by atoms with Crippen molar-refractivity contribution in [3.05, 3.63) is 42.1 Å². The largest absolute Gasteiger partial charge is 0.334 e. The van der Waals surface area contributed by atoms with Crippen LogP contribution in [0.5, 0.6) is 0 Å². The zero-order valence-corrected chi connectivity index (χ0v) is 11.5. The smallest absolute Gasteiger partial charge is 0.315 e. The highest BCUT2D eigenvalue weighted by Crippen LogP contribution is 2.11. The number of nitrogens with one attached hydrogen (secondary N) is 2. The lowest BCUT2D eigenvalue weighted by Gasteiger charge is -2.20. The molecule has 2 N–H and O–H groups in total. The second-order valence-electron chi connectivity index (χ2n) is 5.55. The number of fused-ring (bicyclic) bond motifs is 1. The van der Waals surface area contributed by atoms with E-state index in [1.54, 1.807) is 0 Å². The van der Waals surface area contributed by atoms with Crippen LogP contribution in [0.2, 0.25) is 0 Å². The zero-order chi connectivity index (χ0) is 13.9. The summed E-state index contributed by atoms with van der Waals surface area (Å²) < 4.78 is 0.